The second kappa shape index (κ2) is 4.37. The van der Waals surface area contributed by atoms with Gasteiger partial charge in [0, 0.05) is 0 Å². The number of nitrogens with zero attached hydrogens (tertiary/aromatic N) is 1. The molecule has 0 spiro atoms. The maximum Gasteiger partial charge on any atom is 0.337 e. The summed E-state index contributed by atoms with van der Waals surface area (Å²) >= 11 is 0. The summed E-state index contributed by atoms with van der Waals surface area (Å²) in [6, 6.07) is 1.31. The van der Waals surface area contributed by atoms with Crippen molar-refractivity contribution >= 4 is 27.3 Å². The molecule has 2 heterocycles. The highest BCUT2D eigenvalue weighted by Crippen LogP contribution is 2.27. The number of hydrogen-bond donors (Lipinski definition) is 3. The van der Waals surface area contributed by atoms with E-state index < -0.39 is 21.3 Å². The second-order valence-corrected chi connectivity index (χ2v) is 7.17. The normalized spacial score (nSPS) is 25.1. The number of carboxylic acid groups (broad SMARTS) is 1. The van der Waals surface area contributed by atoms with E-state index in [2.05, 4.69) is 10.3 Å². The molecule has 1 saturated heterocycles. The van der Waals surface area contributed by atoms with Crippen LogP contribution >= 0.6 is 0 Å². The van der Waals surface area contributed by atoms with Gasteiger partial charge in [0.25, 0.3) is 0 Å². The number of nitrogens with one attached hydrogen (secondary N) is 1. The maximum absolute atomic E-state index is 11.5. The van der Waals surface area contributed by atoms with Crippen molar-refractivity contribution in [2.75, 3.05) is 22.6 Å². The summed E-state index contributed by atoms with van der Waals surface area (Å²) in [4.78, 5) is 14.9. The molecule has 0 aliphatic carbocycles. The number of nitrogen functional groups attached to an aromatic ring is 1. The molecule has 7 nitrogen and oxygen atoms in total. The molecule has 0 amide bonds. The van der Waals surface area contributed by atoms with E-state index in [0.717, 1.165) is 0 Å². The third kappa shape index (κ3) is 2.95. The molecule has 1 fully saturated rings. The summed E-state index contributed by atoms with van der Waals surface area (Å²) in [5.41, 5.74) is 4.90. The first-order valence-corrected chi connectivity index (χ1v) is 7.50. The topological polar surface area (TPSA) is 122 Å². The molecule has 1 aromatic rings. The van der Waals surface area contributed by atoms with Gasteiger partial charge in [-0.1, -0.05) is 0 Å². The van der Waals surface area contributed by atoms with Crippen LogP contribution in [0.3, 0.4) is 0 Å². The van der Waals surface area contributed by atoms with E-state index in [0.29, 0.717) is 12.2 Å². The Labute approximate surface area is 110 Å². The van der Waals surface area contributed by atoms with Gasteiger partial charge in [-0.3, -0.25) is 0 Å². The summed E-state index contributed by atoms with van der Waals surface area (Å²) in [5.74, 6) is -0.704. The molecule has 8 heteroatoms. The number of rotatable bonds is 3. The van der Waals surface area contributed by atoms with Crippen molar-refractivity contribution in [1.82, 2.24) is 4.98 Å². The van der Waals surface area contributed by atoms with Crippen LogP contribution in [0.2, 0.25) is 0 Å². The Morgan fingerprint density at radius 1 is 1.58 bits per heavy atom. The summed E-state index contributed by atoms with van der Waals surface area (Å²) in [7, 11) is -3.04. The van der Waals surface area contributed by atoms with Crippen molar-refractivity contribution in [2.24, 2.45) is 0 Å². The molecule has 19 heavy (non-hydrogen) atoms. The minimum Gasteiger partial charge on any atom is -0.478 e. The lowest BCUT2D eigenvalue weighted by Gasteiger charge is -2.24. The Balaban J connectivity index is 2.25. The van der Waals surface area contributed by atoms with Crippen molar-refractivity contribution < 1.29 is 18.3 Å². The molecule has 1 unspecified atom stereocenters. The van der Waals surface area contributed by atoms with Crippen LogP contribution in [-0.4, -0.2) is 41.5 Å². The number of pyridine rings is 1. The van der Waals surface area contributed by atoms with Crippen molar-refractivity contribution in [3.63, 3.8) is 0 Å². The predicted molar refractivity (Wildman–Crippen MR) is 70.9 cm³/mol. The minimum absolute atomic E-state index is 0.00839. The summed E-state index contributed by atoms with van der Waals surface area (Å²) in [6.45, 7) is 1.77. The summed E-state index contributed by atoms with van der Waals surface area (Å²) in [5, 5.41) is 12.0. The molecule has 104 valence electrons. The molecule has 0 bridgehead atoms. The molecule has 1 aromatic heterocycles. The smallest absolute Gasteiger partial charge is 0.337 e. The highest BCUT2D eigenvalue weighted by Gasteiger charge is 2.38. The molecule has 0 aromatic carbocycles. The Morgan fingerprint density at radius 3 is 2.79 bits per heavy atom. The minimum atomic E-state index is -3.04. The predicted octanol–water partition coefficient (Wildman–Crippen LogP) is 0.351. The van der Waals surface area contributed by atoms with E-state index in [1.807, 2.05) is 0 Å². The van der Waals surface area contributed by atoms with E-state index in [4.69, 9.17) is 10.8 Å². The Kier molecular flexibility index (Phi) is 3.13. The Bertz CT molecular complexity index is 629. The van der Waals surface area contributed by atoms with Crippen LogP contribution in [0.4, 0.5) is 11.5 Å². The summed E-state index contributed by atoms with van der Waals surface area (Å²) < 4.78 is 23.0. The largest absolute Gasteiger partial charge is 0.478 e. The lowest BCUT2D eigenvalue weighted by Crippen LogP contribution is -2.36. The quantitative estimate of drug-likeness (QED) is 0.732. The molecule has 1 aliphatic heterocycles. The maximum atomic E-state index is 11.5. The average Bonchev–Trinajstić information content (AvgIpc) is 2.55. The van der Waals surface area contributed by atoms with Gasteiger partial charge in [-0.15, -0.1) is 0 Å². The highest BCUT2D eigenvalue weighted by atomic mass is 32.2. The van der Waals surface area contributed by atoms with Crippen molar-refractivity contribution in [2.45, 2.75) is 18.9 Å². The Hall–Kier alpha value is -1.83. The van der Waals surface area contributed by atoms with Crippen LogP contribution in [0.15, 0.2) is 12.3 Å². The van der Waals surface area contributed by atoms with Crippen molar-refractivity contribution in [3.8, 4) is 0 Å². The van der Waals surface area contributed by atoms with Gasteiger partial charge >= 0.3 is 5.97 Å². The second-order valence-electron chi connectivity index (χ2n) is 4.99. The first-order valence-electron chi connectivity index (χ1n) is 5.68. The molecular formula is C11H15N3O4S. The number of carboxylic acids is 1. The Morgan fingerprint density at radius 2 is 2.26 bits per heavy atom. The molecule has 2 rings (SSSR count). The molecule has 0 radical (unpaired) electrons. The monoisotopic (exact) mass is 285 g/mol. The first kappa shape index (κ1) is 13.6. The number of nitrogens with two attached hydrogens (primary N) is 1. The van der Waals surface area contributed by atoms with Crippen LogP contribution in [-0.2, 0) is 9.84 Å². The summed E-state index contributed by atoms with van der Waals surface area (Å²) in [6.07, 6.45) is 1.71. The van der Waals surface area contributed by atoms with E-state index >= 15 is 0 Å². The number of aromatic carboxylic acids is 1. The van der Waals surface area contributed by atoms with E-state index in [9.17, 15) is 13.2 Å². The van der Waals surface area contributed by atoms with Crippen LogP contribution in [0, 0.1) is 0 Å². The van der Waals surface area contributed by atoms with E-state index in [-0.39, 0.29) is 22.8 Å². The fourth-order valence-electron chi connectivity index (χ4n) is 2.14. The van der Waals surface area contributed by atoms with Crippen LogP contribution in [0.25, 0.3) is 0 Å². The number of sulfone groups is 1. The van der Waals surface area contributed by atoms with Crippen molar-refractivity contribution in [1.29, 1.82) is 0 Å². The van der Waals surface area contributed by atoms with Gasteiger partial charge in [0.15, 0.2) is 9.84 Å². The first-order chi connectivity index (χ1) is 8.71. The lowest BCUT2D eigenvalue weighted by molar-refractivity contribution is 0.0698. The van der Waals surface area contributed by atoms with E-state index in [1.165, 1.54) is 12.3 Å². The third-order valence-corrected chi connectivity index (χ3v) is 5.00. The average molecular weight is 285 g/mol. The van der Waals surface area contributed by atoms with Crippen molar-refractivity contribution in [3.05, 3.63) is 17.8 Å². The fourth-order valence-corrected chi connectivity index (χ4v) is 4.23. The van der Waals surface area contributed by atoms with Crippen LogP contribution in [0.1, 0.15) is 23.7 Å². The van der Waals surface area contributed by atoms with Gasteiger partial charge in [-0.05, 0) is 19.4 Å². The number of hydrogen-bond acceptors (Lipinski definition) is 6. The fraction of sp³-hybridized carbons (Fsp3) is 0.455. The molecule has 4 N–H and O–H groups in total. The van der Waals surface area contributed by atoms with Gasteiger partial charge in [0.05, 0.1) is 34.5 Å². The molecule has 1 atom stereocenters. The van der Waals surface area contributed by atoms with Gasteiger partial charge in [0.2, 0.25) is 0 Å². The molecule has 0 saturated carbocycles. The molecular weight excluding hydrogens is 270 g/mol. The van der Waals surface area contributed by atoms with Crippen LogP contribution in [0.5, 0.6) is 0 Å². The standard InChI is InChI=1S/C11H15N3O4S/c1-11(2-3-19(17,18)6-11)14-9-4-7(10(15)16)8(12)5-13-9/h4-5H,2-3,6,12H2,1H3,(H,13,14)(H,15,16). The van der Waals surface area contributed by atoms with Gasteiger partial charge in [-0.2, -0.15) is 0 Å². The zero-order chi connectivity index (χ0) is 14.3. The lowest BCUT2D eigenvalue weighted by atomic mass is 10.0. The van der Waals surface area contributed by atoms with Gasteiger partial charge in [0.1, 0.15) is 5.82 Å². The number of anilines is 2. The zero-order valence-corrected chi connectivity index (χ0v) is 11.2. The number of carbonyl (C=O) groups is 1. The SMILES string of the molecule is CC1(Nc2cc(C(=O)O)c(N)cn2)CCS(=O)(=O)C1. The third-order valence-electron chi connectivity index (χ3n) is 3.10. The number of aromatic nitrogens is 1. The van der Waals surface area contributed by atoms with Gasteiger partial charge < -0.3 is 16.2 Å². The highest BCUT2D eigenvalue weighted by molar-refractivity contribution is 7.91. The molecule has 1 aliphatic rings. The van der Waals surface area contributed by atoms with Gasteiger partial charge in [-0.25, -0.2) is 18.2 Å². The zero-order valence-electron chi connectivity index (χ0n) is 10.4. The van der Waals surface area contributed by atoms with E-state index in [1.54, 1.807) is 6.92 Å². The van der Waals surface area contributed by atoms with Crippen LogP contribution < -0.4 is 11.1 Å².